The van der Waals surface area contributed by atoms with Crippen molar-refractivity contribution in [3.63, 3.8) is 0 Å². The summed E-state index contributed by atoms with van der Waals surface area (Å²) in [5.41, 5.74) is 5.59. The summed E-state index contributed by atoms with van der Waals surface area (Å²) in [4.78, 5) is 32.0. The number of aliphatic carboxylic acids is 1. The van der Waals surface area contributed by atoms with E-state index in [1.54, 1.807) is 0 Å². The highest BCUT2D eigenvalue weighted by atomic mass is 32.1. The van der Waals surface area contributed by atoms with Gasteiger partial charge in [-0.2, -0.15) is 0 Å². The minimum atomic E-state index is -1.02. The predicted molar refractivity (Wildman–Crippen MR) is 147 cm³/mol. The summed E-state index contributed by atoms with van der Waals surface area (Å²) in [6, 6.07) is 17.1. The minimum absolute atomic E-state index is 0.161. The average Bonchev–Trinajstić information content (AvgIpc) is 3.27. The molecule has 0 radical (unpaired) electrons. The topological polar surface area (TPSA) is 73.7 Å². The van der Waals surface area contributed by atoms with E-state index in [0.717, 1.165) is 34.9 Å². The highest BCUT2D eigenvalue weighted by molar-refractivity contribution is 7.09. The van der Waals surface area contributed by atoms with E-state index in [0.29, 0.717) is 12.3 Å². The van der Waals surface area contributed by atoms with E-state index in [-0.39, 0.29) is 24.9 Å². The Bertz CT molecular complexity index is 1140. The average molecular weight is 508 g/mol. The Balaban J connectivity index is 1.63. The number of carboxylic acid groups (broad SMARTS) is 1. The van der Waals surface area contributed by atoms with Crippen molar-refractivity contribution >= 4 is 28.9 Å². The van der Waals surface area contributed by atoms with Crippen LogP contribution in [-0.4, -0.2) is 40.5 Å². The van der Waals surface area contributed by atoms with Crippen LogP contribution in [0.1, 0.15) is 50.3 Å². The molecule has 3 aromatic rings. The van der Waals surface area contributed by atoms with Gasteiger partial charge in [-0.3, -0.25) is 9.59 Å². The second-order valence-electron chi connectivity index (χ2n) is 10.2. The van der Waals surface area contributed by atoms with Gasteiger partial charge in [-0.15, -0.1) is 11.3 Å². The summed E-state index contributed by atoms with van der Waals surface area (Å²) in [6.45, 7) is 9.08. The van der Waals surface area contributed by atoms with Crippen LogP contribution in [0.15, 0.2) is 53.9 Å². The molecule has 0 spiro atoms. The normalized spacial score (nSPS) is 11.2. The smallest absolute Gasteiger partial charge is 0.323 e. The van der Waals surface area contributed by atoms with E-state index in [1.807, 2.05) is 19.2 Å². The Kier molecular flexibility index (Phi) is 9.65. The minimum Gasteiger partial charge on any atom is -0.480 e. The number of amides is 1. The van der Waals surface area contributed by atoms with E-state index < -0.39 is 5.97 Å². The van der Waals surface area contributed by atoms with Crippen molar-refractivity contribution < 1.29 is 14.7 Å². The molecule has 0 aliphatic carbocycles. The molecule has 36 heavy (non-hydrogen) atoms. The molecule has 0 bridgehead atoms. The SMILES string of the molecule is CC(C)CC(=O)N(CC(=O)O)Cc1nc(-c2ccc(N(C)Cc3ccc(CC(C)C)cc3)cc2)cs1. The number of thiazole rings is 1. The highest BCUT2D eigenvalue weighted by Gasteiger charge is 2.20. The Morgan fingerprint density at radius 3 is 2.14 bits per heavy atom. The summed E-state index contributed by atoms with van der Waals surface area (Å²) in [5, 5.41) is 11.9. The molecule has 0 aliphatic rings. The quantitative estimate of drug-likeness (QED) is 0.320. The van der Waals surface area contributed by atoms with Crippen molar-refractivity contribution in [3.05, 3.63) is 70.0 Å². The highest BCUT2D eigenvalue weighted by Crippen LogP contribution is 2.26. The number of carboxylic acids is 1. The predicted octanol–water partition coefficient (Wildman–Crippen LogP) is 6.10. The maximum Gasteiger partial charge on any atom is 0.323 e. The fraction of sp³-hybridized carbons (Fsp3) is 0.414. The summed E-state index contributed by atoms with van der Waals surface area (Å²) in [5.74, 6) is -0.357. The van der Waals surface area contributed by atoms with Gasteiger partial charge in [0.2, 0.25) is 5.91 Å². The van der Waals surface area contributed by atoms with Crippen molar-refractivity contribution in [1.29, 1.82) is 0 Å². The number of nitrogens with zero attached hydrogens (tertiary/aromatic N) is 3. The van der Waals surface area contributed by atoms with Gasteiger partial charge < -0.3 is 14.9 Å². The lowest BCUT2D eigenvalue weighted by atomic mass is 10.0. The fourth-order valence-electron chi connectivity index (χ4n) is 4.06. The van der Waals surface area contributed by atoms with Crippen molar-refractivity contribution in [2.24, 2.45) is 11.8 Å². The first-order valence-corrected chi connectivity index (χ1v) is 13.3. The zero-order valence-electron chi connectivity index (χ0n) is 21.9. The molecule has 1 aromatic heterocycles. The Labute approximate surface area is 218 Å². The van der Waals surface area contributed by atoms with Crippen LogP contribution in [0.3, 0.4) is 0 Å². The molecule has 2 aromatic carbocycles. The first-order valence-electron chi connectivity index (χ1n) is 12.4. The molecule has 1 amide bonds. The van der Waals surface area contributed by atoms with E-state index in [9.17, 15) is 14.7 Å². The summed E-state index contributed by atoms with van der Waals surface area (Å²) < 4.78 is 0. The van der Waals surface area contributed by atoms with Gasteiger partial charge in [0.15, 0.2) is 0 Å². The first-order chi connectivity index (χ1) is 17.1. The molecule has 0 unspecified atom stereocenters. The molecule has 1 N–H and O–H groups in total. The first kappa shape index (κ1) is 27.4. The van der Waals surface area contributed by atoms with Gasteiger partial charge in [-0.25, -0.2) is 4.98 Å². The zero-order chi connectivity index (χ0) is 26.2. The molecule has 6 nitrogen and oxygen atoms in total. The van der Waals surface area contributed by atoms with Gasteiger partial charge in [0, 0.05) is 36.6 Å². The maximum atomic E-state index is 12.5. The maximum absolute atomic E-state index is 12.5. The Hall–Kier alpha value is -3.19. The van der Waals surface area contributed by atoms with Crippen LogP contribution in [0, 0.1) is 11.8 Å². The van der Waals surface area contributed by atoms with Crippen LogP contribution in [0.5, 0.6) is 0 Å². The lowest BCUT2D eigenvalue weighted by molar-refractivity contribution is -0.145. The molecule has 3 rings (SSSR count). The van der Waals surface area contributed by atoms with Gasteiger partial charge in [0.25, 0.3) is 0 Å². The molecule has 192 valence electrons. The van der Waals surface area contributed by atoms with Crippen LogP contribution in [0.25, 0.3) is 11.3 Å². The summed E-state index contributed by atoms with van der Waals surface area (Å²) in [6.07, 6.45) is 1.42. The van der Waals surface area contributed by atoms with E-state index in [4.69, 9.17) is 0 Å². The second kappa shape index (κ2) is 12.7. The molecule has 0 aliphatic heterocycles. The summed E-state index contributed by atoms with van der Waals surface area (Å²) in [7, 11) is 2.09. The van der Waals surface area contributed by atoms with Crippen LogP contribution in [-0.2, 0) is 29.1 Å². The molecule has 0 saturated heterocycles. The van der Waals surface area contributed by atoms with Crippen molar-refractivity contribution in [3.8, 4) is 11.3 Å². The fourth-order valence-corrected chi connectivity index (χ4v) is 4.88. The number of benzene rings is 2. The van der Waals surface area contributed by atoms with Gasteiger partial charge in [0.1, 0.15) is 11.6 Å². The third-order valence-electron chi connectivity index (χ3n) is 5.83. The molecular formula is C29H37N3O3S. The second-order valence-corrected chi connectivity index (χ2v) is 11.1. The van der Waals surface area contributed by atoms with E-state index in [1.165, 1.54) is 27.4 Å². The standard InChI is InChI=1S/C29H37N3O3S/c1-20(2)14-22-6-8-23(9-7-22)16-31(5)25-12-10-24(11-13-25)26-19-36-27(30-26)17-32(18-29(34)35)28(33)15-21(3)4/h6-13,19-21H,14-18H2,1-5H3,(H,34,35). The lowest BCUT2D eigenvalue weighted by Crippen LogP contribution is -2.35. The molecule has 0 fully saturated rings. The van der Waals surface area contributed by atoms with Crippen molar-refractivity contribution in [2.75, 3.05) is 18.5 Å². The van der Waals surface area contributed by atoms with Crippen LogP contribution >= 0.6 is 11.3 Å². The summed E-state index contributed by atoms with van der Waals surface area (Å²) >= 11 is 1.44. The number of hydrogen-bond donors (Lipinski definition) is 1. The third kappa shape index (κ3) is 8.19. The van der Waals surface area contributed by atoms with E-state index in [2.05, 4.69) is 79.3 Å². The Morgan fingerprint density at radius 2 is 1.56 bits per heavy atom. The number of carbonyl (C=O) groups is 2. The van der Waals surface area contributed by atoms with Gasteiger partial charge >= 0.3 is 5.97 Å². The largest absolute Gasteiger partial charge is 0.480 e. The number of anilines is 1. The van der Waals surface area contributed by atoms with Gasteiger partial charge in [-0.1, -0.05) is 64.1 Å². The van der Waals surface area contributed by atoms with E-state index >= 15 is 0 Å². The lowest BCUT2D eigenvalue weighted by Gasteiger charge is -2.20. The molecular weight excluding hydrogens is 470 g/mol. The van der Waals surface area contributed by atoms with Gasteiger partial charge in [0.05, 0.1) is 12.2 Å². The number of rotatable bonds is 12. The van der Waals surface area contributed by atoms with Gasteiger partial charge in [-0.05, 0) is 41.5 Å². The van der Waals surface area contributed by atoms with Crippen LogP contribution < -0.4 is 4.90 Å². The Morgan fingerprint density at radius 1 is 0.917 bits per heavy atom. The number of carbonyl (C=O) groups excluding carboxylic acids is 1. The van der Waals surface area contributed by atoms with Crippen molar-refractivity contribution in [1.82, 2.24) is 9.88 Å². The van der Waals surface area contributed by atoms with Crippen LogP contribution in [0.4, 0.5) is 5.69 Å². The number of hydrogen-bond acceptors (Lipinski definition) is 5. The molecule has 1 heterocycles. The third-order valence-corrected chi connectivity index (χ3v) is 6.66. The van der Waals surface area contributed by atoms with Crippen molar-refractivity contribution in [2.45, 2.75) is 53.6 Å². The molecule has 0 atom stereocenters. The molecule has 0 saturated carbocycles. The monoisotopic (exact) mass is 507 g/mol. The zero-order valence-corrected chi connectivity index (χ0v) is 22.7. The molecule has 7 heteroatoms. The number of aromatic nitrogens is 1. The van der Waals surface area contributed by atoms with Crippen LogP contribution in [0.2, 0.25) is 0 Å².